The molecule has 3 heterocycles. The molecular formula is C37H23N3S. The molecule has 0 fully saturated rings. The molecule has 0 saturated heterocycles. The summed E-state index contributed by atoms with van der Waals surface area (Å²) in [5.74, 6) is 0.965. The number of nitrogens with zero attached hydrogens (tertiary/aromatic N) is 3. The third kappa shape index (κ3) is 3.28. The Morgan fingerprint density at radius 3 is 2.10 bits per heavy atom. The number of hydrogen-bond donors (Lipinski definition) is 0. The Kier molecular flexibility index (Phi) is 4.77. The Balaban J connectivity index is 1.22. The fourth-order valence-corrected chi connectivity index (χ4v) is 7.56. The van der Waals surface area contributed by atoms with E-state index in [2.05, 4.69) is 143 Å². The lowest BCUT2D eigenvalue weighted by Gasteiger charge is -2.33. The molecule has 0 spiro atoms. The molecule has 4 heteroatoms. The van der Waals surface area contributed by atoms with Crippen molar-refractivity contribution in [1.29, 1.82) is 0 Å². The summed E-state index contributed by atoms with van der Waals surface area (Å²) in [6.45, 7) is 0. The number of thiophene rings is 1. The molecule has 0 amide bonds. The van der Waals surface area contributed by atoms with Gasteiger partial charge < -0.3 is 4.90 Å². The molecule has 9 rings (SSSR count). The van der Waals surface area contributed by atoms with Crippen molar-refractivity contribution < 1.29 is 0 Å². The lowest BCUT2D eigenvalue weighted by molar-refractivity contribution is 1.06. The fourth-order valence-electron chi connectivity index (χ4n) is 6.32. The predicted octanol–water partition coefficient (Wildman–Crippen LogP) is 10.5. The van der Waals surface area contributed by atoms with Gasteiger partial charge in [0.2, 0.25) is 0 Å². The van der Waals surface area contributed by atoms with Crippen molar-refractivity contribution in [1.82, 2.24) is 9.55 Å². The maximum atomic E-state index is 5.12. The maximum absolute atomic E-state index is 5.12. The molecule has 0 radical (unpaired) electrons. The average molecular weight is 542 g/mol. The van der Waals surface area contributed by atoms with Gasteiger partial charge in [0.05, 0.1) is 28.1 Å². The summed E-state index contributed by atoms with van der Waals surface area (Å²) in [6, 6.07) is 49.9. The number of aromatic nitrogens is 2. The number of rotatable bonds is 3. The van der Waals surface area contributed by atoms with Gasteiger partial charge in [-0.2, -0.15) is 0 Å². The van der Waals surface area contributed by atoms with E-state index in [-0.39, 0.29) is 0 Å². The summed E-state index contributed by atoms with van der Waals surface area (Å²) in [7, 11) is 0. The molecule has 0 bridgehead atoms. The minimum Gasteiger partial charge on any atom is -0.306 e. The highest BCUT2D eigenvalue weighted by atomic mass is 32.1. The second kappa shape index (κ2) is 8.65. The molecule has 6 aromatic carbocycles. The van der Waals surface area contributed by atoms with E-state index < -0.39 is 0 Å². The normalized spacial score (nSPS) is 12.3. The van der Waals surface area contributed by atoms with Crippen molar-refractivity contribution in [3.8, 4) is 28.2 Å². The van der Waals surface area contributed by atoms with Crippen LogP contribution >= 0.6 is 11.3 Å². The van der Waals surface area contributed by atoms with Crippen LogP contribution in [0.1, 0.15) is 0 Å². The van der Waals surface area contributed by atoms with Crippen molar-refractivity contribution in [2.24, 2.45) is 0 Å². The van der Waals surface area contributed by atoms with Gasteiger partial charge in [0.25, 0.3) is 0 Å². The molecule has 2 aromatic heterocycles. The Hall–Kier alpha value is -5.19. The molecule has 0 saturated carbocycles. The van der Waals surface area contributed by atoms with Crippen LogP contribution in [-0.2, 0) is 0 Å². The second-order valence-electron chi connectivity index (χ2n) is 10.4. The van der Waals surface area contributed by atoms with Gasteiger partial charge in [-0.05, 0) is 53.6 Å². The summed E-state index contributed by atoms with van der Waals surface area (Å²) >= 11 is 1.88. The number of anilines is 3. The van der Waals surface area contributed by atoms with E-state index in [0.717, 1.165) is 45.2 Å². The molecule has 1 aliphatic heterocycles. The minimum atomic E-state index is 0.965. The summed E-state index contributed by atoms with van der Waals surface area (Å²) in [6.07, 6.45) is 0. The van der Waals surface area contributed by atoms with E-state index >= 15 is 0 Å². The van der Waals surface area contributed by atoms with Crippen LogP contribution in [-0.4, -0.2) is 9.55 Å². The first-order chi connectivity index (χ1) is 20.3. The van der Waals surface area contributed by atoms with Gasteiger partial charge in [-0.3, -0.25) is 4.57 Å². The molecule has 0 N–H and O–H groups in total. The topological polar surface area (TPSA) is 21.1 Å². The first kappa shape index (κ1) is 22.6. The van der Waals surface area contributed by atoms with E-state index in [1.165, 1.54) is 31.3 Å². The van der Waals surface area contributed by atoms with Crippen LogP contribution in [0.4, 0.5) is 17.1 Å². The molecule has 1 aliphatic rings. The molecule has 0 unspecified atom stereocenters. The van der Waals surface area contributed by atoms with Crippen LogP contribution in [0.5, 0.6) is 0 Å². The standard InChI is InChI=1S/C37H23N3S/c1-2-10-25(11-3-1)37-38-30-15-9-18-33-35(30)40(37)32-17-6-5-16-31(32)39(33)26-22-20-24(21-23-26)27-13-8-14-29-28-12-4-7-19-34(28)41-36(27)29/h1-23H. The summed E-state index contributed by atoms with van der Waals surface area (Å²) in [4.78, 5) is 7.49. The van der Waals surface area contributed by atoms with E-state index in [4.69, 9.17) is 4.98 Å². The van der Waals surface area contributed by atoms with Gasteiger partial charge in [0.1, 0.15) is 5.82 Å². The highest BCUT2D eigenvalue weighted by molar-refractivity contribution is 7.26. The summed E-state index contributed by atoms with van der Waals surface area (Å²) in [5, 5.41) is 2.65. The lowest BCUT2D eigenvalue weighted by Crippen LogP contribution is -2.18. The largest absolute Gasteiger partial charge is 0.306 e. The van der Waals surface area contributed by atoms with Gasteiger partial charge in [0.15, 0.2) is 0 Å². The second-order valence-corrected chi connectivity index (χ2v) is 11.5. The van der Waals surface area contributed by atoms with Crippen LogP contribution < -0.4 is 4.90 Å². The molecule has 3 nitrogen and oxygen atoms in total. The van der Waals surface area contributed by atoms with Crippen molar-refractivity contribution in [2.75, 3.05) is 4.90 Å². The zero-order chi connectivity index (χ0) is 26.9. The fraction of sp³-hybridized carbons (Fsp3) is 0. The van der Waals surface area contributed by atoms with Gasteiger partial charge in [0, 0.05) is 31.4 Å². The van der Waals surface area contributed by atoms with Crippen molar-refractivity contribution in [3.63, 3.8) is 0 Å². The van der Waals surface area contributed by atoms with E-state index in [9.17, 15) is 0 Å². The van der Waals surface area contributed by atoms with E-state index in [0.29, 0.717) is 0 Å². The number of benzene rings is 6. The number of para-hydroxylation sites is 3. The molecule has 0 aliphatic carbocycles. The van der Waals surface area contributed by atoms with Gasteiger partial charge in [-0.25, -0.2) is 4.98 Å². The first-order valence-corrected chi connectivity index (χ1v) is 14.6. The molecule has 192 valence electrons. The van der Waals surface area contributed by atoms with Crippen molar-refractivity contribution in [3.05, 3.63) is 140 Å². The van der Waals surface area contributed by atoms with Crippen LogP contribution in [0.3, 0.4) is 0 Å². The van der Waals surface area contributed by atoms with Crippen molar-refractivity contribution >= 4 is 59.6 Å². The monoisotopic (exact) mass is 541 g/mol. The smallest absolute Gasteiger partial charge is 0.145 e. The summed E-state index contributed by atoms with van der Waals surface area (Å²) < 4.78 is 4.99. The van der Waals surface area contributed by atoms with Crippen LogP contribution in [0.2, 0.25) is 0 Å². The Morgan fingerprint density at radius 2 is 1.22 bits per heavy atom. The molecular weight excluding hydrogens is 518 g/mol. The van der Waals surface area contributed by atoms with Gasteiger partial charge in [-0.1, -0.05) is 97.1 Å². The Bertz CT molecular complexity index is 2260. The zero-order valence-electron chi connectivity index (χ0n) is 22.0. The highest BCUT2D eigenvalue weighted by Gasteiger charge is 2.29. The quantitative estimate of drug-likeness (QED) is 0.222. The lowest BCUT2D eigenvalue weighted by atomic mass is 10.0. The Morgan fingerprint density at radius 1 is 0.512 bits per heavy atom. The Labute approximate surface area is 241 Å². The number of imidazole rings is 1. The van der Waals surface area contributed by atoms with E-state index in [1.54, 1.807) is 0 Å². The maximum Gasteiger partial charge on any atom is 0.145 e. The van der Waals surface area contributed by atoms with Gasteiger partial charge >= 0.3 is 0 Å². The molecule has 8 aromatic rings. The van der Waals surface area contributed by atoms with Crippen molar-refractivity contribution in [2.45, 2.75) is 0 Å². The SMILES string of the molecule is c1ccc(-c2nc3cccc4c3n2-c2ccccc2N4c2ccc(-c3cccc4c3sc3ccccc34)cc2)cc1. The predicted molar refractivity (Wildman–Crippen MR) is 173 cm³/mol. The zero-order valence-corrected chi connectivity index (χ0v) is 22.8. The van der Waals surface area contributed by atoms with Crippen LogP contribution in [0.25, 0.3) is 59.4 Å². The van der Waals surface area contributed by atoms with E-state index in [1.807, 2.05) is 17.4 Å². The van der Waals surface area contributed by atoms with Crippen LogP contribution in [0.15, 0.2) is 140 Å². The minimum absolute atomic E-state index is 0.965. The molecule has 41 heavy (non-hydrogen) atoms. The first-order valence-electron chi connectivity index (χ1n) is 13.8. The molecule has 0 atom stereocenters. The van der Waals surface area contributed by atoms with Crippen LogP contribution in [0, 0.1) is 0 Å². The third-order valence-corrected chi connectivity index (χ3v) is 9.35. The highest BCUT2D eigenvalue weighted by Crippen LogP contribution is 2.48. The number of fused-ring (bicyclic) bond motifs is 5. The third-order valence-electron chi connectivity index (χ3n) is 8.13. The summed E-state index contributed by atoms with van der Waals surface area (Å²) in [5.41, 5.74) is 10.3. The number of hydrogen-bond acceptors (Lipinski definition) is 3. The average Bonchev–Trinajstić information content (AvgIpc) is 3.62. The van der Waals surface area contributed by atoms with Gasteiger partial charge in [-0.15, -0.1) is 11.3 Å².